The fourth-order valence-corrected chi connectivity index (χ4v) is 3.32. The minimum absolute atomic E-state index is 0.203. The first-order valence-corrected chi connectivity index (χ1v) is 7.09. The van der Waals surface area contributed by atoms with Crippen LogP contribution in [0.2, 0.25) is 0 Å². The van der Waals surface area contributed by atoms with Crippen LogP contribution in [0.1, 0.15) is 11.1 Å². The molecule has 0 radical (unpaired) electrons. The van der Waals surface area contributed by atoms with Gasteiger partial charge in [0.25, 0.3) is 0 Å². The summed E-state index contributed by atoms with van der Waals surface area (Å²) in [5.41, 5.74) is 0.406. The van der Waals surface area contributed by atoms with Crippen molar-refractivity contribution in [1.82, 2.24) is 0 Å². The summed E-state index contributed by atoms with van der Waals surface area (Å²) in [6.45, 7) is 2.92. The van der Waals surface area contributed by atoms with Gasteiger partial charge in [0.1, 0.15) is 21.4 Å². The Morgan fingerprint density at radius 2 is 1.16 bits per heavy atom. The zero-order valence-corrected chi connectivity index (χ0v) is 11.3. The van der Waals surface area contributed by atoms with Crippen LogP contribution in [0.3, 0.4) is 0 Å². The first-order valence-electron chi connectivity index (χ1n) is 5.61. The molecule has 0 amide bonds. The predicted molar refractivity (Wildman–Crippen MR) is 67.7 cm³/mol. The average Bonchev–Trinajstić information content (AvgIpc) is 2.35. The molecule has 0 N–H and O–H groups in total. The number of hydrogen-bond donors (Lipinski definition) is 0. The van der Waals surface area contributed by atoms with Crippen molar-refractivity contribution in [2.24, 2.45) is 0 Å². The molecule has 0 fully saturated rings. The van der Waals surface area contributed by atoms with Gasteiger partial charge in [0, 0.05) is 0 Å². The van der Waals surface area contributed by atoms with Crippen LogP contribution in [0, 0.1) is 25.5 Å². The Labute approximate surface area is 110 Å². The minimum atomic E-state index is -4.20. The molecule has 0 heterocycles. The molecule has 0 aliphatic carbocycles. The van der Waals surface area contributed by atoms with E-state index in [1.807, 2.05) is 0 Å². The third kappa shape index (κ3) is 2.26. The highest BCUT2D eigenvalue weighted by Gasteiger charge is 2.26. The van der Waals surface area contributed by atoms with Gasteiger partial charge in [-0.15, -0.1) is 0 Å². The van der Waals surface area contributed by atoms with Crippen LogP contribution < -0.4 is 0 Å². The number of benzene rings is 2. The predicted octanol–water partition coefficient (Wildman–Crippen LogP) is 3.41. The Morgan fingerprint density at radius 3 is 1.53 bits per heavy atom. The lowest BCUT2D eigenvalue weighted by Crippen LogP contribution is -2.08. The molecule has 2 rings (SSSR count). The van der Waals surface area contributed by atoms with Gasteiger partial charge >= 0.3 is 0 Å². The van der Waals surface area contributed by atoms with Crippen molar-refractivity contribution in [3.63, 3.8) is 0 Å². The van der Waals surface area contributed by atoms with Crippen LogP contribution in [0.4, 0.5) is 8.78 Å². The van der Waals surface area contributed by atoms with Gasteiger partial charge in [0.15, 0.2) is 0 Å². The molecule has 2 aromatic carbocycles. The van der Waals surface area contributed by atoms with Crippen LogP contribution in [-0.4, -0.2) is 8.42 Å². The molecule has 5 heteroatoms. The van der Waals surface area contributed by atoms with Gasteiger partial charge in [-0.05, 0) is 37.1 Å². The van der Waals surface area contributed by atoms with Gasteiger partial charge in [0.2, 0.25) is 9.84 Å². The quantitative estimate of drug-likeness (QED) is 0.846. The Kier molecular flexibility index (Phi) is 3.41. The van der Waals surface area contributed by atoms with E-state index >= 15 is 0 Å². The summed E-state index contributed by atoms with van der Waals surface area (Å²) in [6, 6.07) is 8.05. The van der Waals surface area contributed by atoms with Crippen molar-refractivity contribution >= 4 is 9.84 Å². The van der Waals surface area contributed by atoms with Gasteiger partial charge in [-0.2, -0.15) is 0 Å². The van der Waals surface area contributed by atoms with Gasteiger partial charge in [-0.3, -0.25) is 0 Å². The molecular weight excluding hydrogens is 270 g/mol. The highest BCUT2D eigenvalue weighted by molar-refractivity contribution is 7.91. The van der Waals surface area contributed by atoms with E-state index in [1.165, 1.54) is 38.1 Å². The smallest absolute Gasteiger partial charge is 0.212 e. The molecule has 19 heavy (non-hydrogen) atoms. The van der Waals surface area contributed by atoms with Gasteiger partial charge in [0.05, 0.1) is 0 Å². The number of halogens is 2. The van der Waals surface area contributed by atoms with Crippen LogP contribution >= 0.6 is 0 Å². The van der Waals surface area contributed by atoms with Gasteiger partial charge < -0.3 is 0 Å². The SMILES string of the molecule is Cc1cccc(S(=O)(=O)c2cccc(C)c2F)c1F. The maximum absolute atomic E-state index is 13.9. The van der Waals surface area contributed by atoms with Crippen LogP contribution in [-0.2, 0) is 9.84 Å². The summed E-state index contributed by atoms with van der Waals surface area (Å²) in [5, 5.41) is 0. The van der Waals surface area contributed by atoms with Crippen molar-refractivity contribution in [2.75, 3.05) is 0 Å². The Hall–Kier alpha value is -1.75. The summed E-state index contributed by atoms with van der Waals surface area (Å²) < 4.78 is 52.4. The fourth-order valence-electron chi connectivity index (χ4n) is 1.77. The van der Waals surface area contributed by atoms with E-state index in [0.717, 1.165) is 12.1 Å². The summed E-state index contributed by atoms with van der Waals surface area (Å²) in [4.78, 5) is -1.01. The molecule has 0 aromatic heterocycles. The lowest BCUT2D eigenvalue weighted by Gasteiger charge is -2.09. The standard InChI is InChI=1S/C14H12F2O2S/c1-9-5-3-7-11(13(9)15)19(17,18)12-8-4-6-10(2)14(12)16/h3-8H,1-2H3. The maximum Gasteiger partial charge on any atom is 0.212 e. The van der Waals surface area contributed by atoms with Gasteiger partial charge in [-0.1, -0.05) is 24.3 Å². The van der Waals surface area contributed by atoms with Crippen molar-refractivity contribution in [3.05, 3.63) is 59.2 Å². The zero-order chi connectivity index (χ0) is 14.2. The zero-order valence-electron chi connectivity index (χ0n) is 10.4. The first-order chi connectivity index (χ1) is 8.85. The van der Waals surface area contributed by atoms with Crippen LogP contribution in [0.5, 0.6) is 0 Å². The van der Waals surface area contributed by atoms with Crippen LogP contribution in [0.15, 0.2) is 46.2 Å². The van der Waals surface area contributed by atoms with E-state index in [1.54, 1.807) is 0 Å². The highest BCUT2D eigenvalue weighted by atomic mass is 32.2. The van der Waals surface area contributed by atoms with Crippen molar-refractivity contribution in [1.29, 1.82) is 0 Å². The third-order valence-electron chi connectivity index (χ3n) is 2.89. The van der Waals surface area contributed by atoms with Crippen molar-refractivity contribution in [3.8, 4) is 0 Å². The molecule has 2 nitrogen and oxygen atoms in total. The average molecular weight is 282 g/mol. The van der Waals surface area contributed by atoms with E-state index in [-0.39, 0.29) is 11.1 Å². The number of rotatable bonds is 2. The Bertz CT molecular complexity index is 680. The van der Waals surface area contributed by atoms with E-state index in [9.17, 15) is 17.2 Å². The molecule has 0 aliphatic rings. The highest BCUT2D eigenvalue weighted by Crippen LogP contribution is 2.27. The molecule has 2 aromatic rings. The van der Waals surface area contributed by atoms with E-state index < -0.39 is 31.3 Å². The number of sulfone groups is 1. The van der Waals surface area contributed by atoms with Crippen molar-refractivity contribution < 1.29 is 17.2 Å². The second-order valence-electron chi connectivity index (χ2n) is 4.28. The lowest BCUT2D eigenvalue weighted by atomic mass is 10.2. The topological polar surface area (TPSA) is 34.1 Å². The van der Waals surface area contributed by atoms with Gasteiger partial charge in [-0.25, -0.2) is 17.2 Å². The molecule has 0 unspecified atom stereocenters. The Balaban J connectivity index is 2.73. The molecule has 0 bridgehead atoms. The second-order valence-corrected chi connectivity index (χ2v) is 6.16. The number of aryl methyl sites for hydroxylation is 2. The lowest BCUT2D eigenvalue weighted by molar-refractivity contribution is 0.546. The molecule has 0 atom stereocenters. The van der Waals surface area contributed by atoms with E-state index in [2.05, 4.69) is 0 Å². The maximum atomic E-state index is 13.9. The van der Waals surface area contributed by atoms with Crippen LogP contribution in [0.25, 0.3) is 0 Å². The molecular formula is C14H12F2O2S. The fraction of sp³-hybridized carbons (Fsp3) is 0.143. The summed E-state index contributed by atoms with van der Waals surface area (Å²) >= 11 is 0. The second kappa shape index (κ2) is 4.74. The first kappa shape index (κ1) is 13.7. The van der Waals surface area contributed by atoms with Crippen molar-refractivity contribution in [2.45, 2.75) is 23.6 Å². The molecule has 0 spiro atoms. The summed E-state index contributed by atoms with van der Waals surface area (Å²) in [7, 11) is -4.20. The molecule has 0 saturated carbocycles. The summed E-state index contributed by atoms with van der Waals surface area (Å²) in [6.07, 6.45) is 0. The Morgan fingerprint density at radius 1 is 0.789 bits per heavy atom. The minimum Gasteiger partial charge on any atom is -0.218 e. The monoisotopic (exact) mass is 282 g/mol. The third-order valence-corrected chi connectivity index (χ3v) is 4.68. The normalized spacial score (nSPS) is 11.6. The summed E-state index contributed by atoms with van der Waals surface area (Å²) in [5.74, 6) is -1.69. The molecule has 0 aliphatic heterocycles. The molecule has 0 saturated heterocycles. The molecule has 100 valence electrons. The van der Waals surface area contributed by atoms with E-state index in [4.69, 9.17) is 0 Å². The number of hydrogen-bond acceptors (Lipinski definition) is 2. The largest absolute Gasteiger partial charge is 0.218 e. The van der Waals surface area contributed by atoms with E-state index in [0.29, 0.717) is 0 Å².